The molecule has 0 atom stereocenters. The van der Waals surface area contributed by atoms with E-state index in [0.29, 0.717) is 15.9 Å². The van der Waals surface area contributed by atoms with Gasteiger partial charge in [-0.3, -0.25) is 14.2 Å². The van der Waals surface area contributed by atoms with Crippen molar-refractivity contribution < 1.29 is 4.79 Å². The van der Waals surface area contributed by atoms with E-state index in [1.165, 1.54) is 10.8 Å². The minimum absolute atomic E-state index is 0.00194. The fourth-order valence-electron chi connectivity index (χ4n) is 1.85. The molecule has 0 spiro atoms. The Kier molecular flexibility index (Phi) is 3.95. The van der Waals surface area contributed by atoms with E-state index in [4.69, 9.17) is 0 Å². The van der Waals surface area contributed by atoms with Gasteiger partial charge in [0.1, 0.15) is 10.3 Å². The molecule has 0 radical (unpaired) electrons. The molecule has 5 heteroatoms. The number of carbonyl (C=O) groups excluding carboxylic acids is 1. The molecule has 2 rings (SSSR count). The Labute approximate surface area is 119 Å². The van der Waals surface area contributed by atoms with Gasteiger partial charge < -0.3 is 0 Å². The van der Waals surface area contributed by atoms with E-state index in [2.05, 4.69) is 20.9 Å². The number of carbonyl (C=O) groups is 1. The molecule has 1 aromatic carbocycles. The van der Waals surface area contributed by atoms with Crippen LogP contribution in [-0.4, -0.2) is 15.3 Å². The van der Waals surface area contributed by atoms with Crippen molar-refractivity contribution in [2.24, 2.45) is 0 Å². The first-order valence-corrected chi connectivity index (χ1v) is 6.61. The van der Waals surface area contributed by atoms with Crippen molar-refractivity contribution in [3.8, 4) is 0 Å². The van der Waals surface area contributed by atoms with E-state index in [9.17, 15) is 9.59 Å². The highest BCUT2D eigenvalue weighted by Gasteiger charge is 2.13. The molecule has 0 amide bonds. The standard InChI is InChI=1S/C14H13BrN2O2/c1-9-5-3-4-6-11(9)13(18)8-17-10(2)16-7-12(15)14(17)19/h3-7H,8H2,1-2H3. The van der Waals surface area contributed by atoms with Crippen LogP contribution in [0.1, 0.15) is 21.7 Å². The van der Waals surface area contributed by atoms with Crippen molar-refractivity contribution in [3.63, 3.8) is 0 Å². The highest BCUT2D eigenvalue weighted by Crippen LogP contribution is 2.09. The summed E-state index contributed by atoms with van der Waals surface area (Å²) in [6.45, 7) is 3.59. The molecule has 1 heterocycles. The van der Waals surface area contributed by atoms with Crippen molar-refractivity contribution in [2.75, 3.05) is 0 Å². The third-order valence-corrected chi connectivity index (χ3v) is 3.50. The lowest BCUT2D eigenvalue weighted by Crippen LogP contribution is -2.27. The minimum Gasteiger partial charge on any atom is -0.292 e. The largest absolute Gasteiger partial charge is 0.292 e. The van der Waals surface area contributed by atoms with Crippen LogP contribution < -0.4 is 5.56 Å². The quantitative estimate of drug-likeness (QED) is 0.816. The van der Waals surface area contributed by atoms with Crippen LogP contribution in [0, 0.1) is 13.8 Å². The van der Waals surface area contributed by atoms with Crippen molar-refractivity contribution in [2.45, 2.75) is 20.4 Å². The van der Waals surface area contributed by atoms with E-state index in [-0.39, 0.29) is 17.9 Å². The maximum absolute atomic E-state index is 12.2. The summed E-state index contributed by atoms with van der Waals surface area (Å²) in [5.74, 6) is 0.429. The van der Waals surface area contributed by atoms with Gasteiger partial charge in [-0.1, -0.05) is 24.3 Å². The number of hydrogen-bond acceptors (Lipinski definition) is 3. The monoisotopic (exact) mass is 320 g/mol. The third-order valence-electron chi connectivity index (χ3n) is 2.95. The second-order valence-corrected chi connectivity index (χ2v) is 5.14. The number of rotatable bonds is 3. The molecular formula is C14H13BrN2O2. The Hall–Kier alpha value is -1.75. The molecule has 0 aliphatic heterocycles. The average molecular weight is 321 g/mol. The Balaban J connectivity index is 2.38. The first-order valence-electron chi connectivity index (χ1n) is 5.81. The SMILES string of the molecule is Cc1ccccc1C(=O)Cn1c(C)ncc(Br)c1=O. The summed E-state index contributed by atoms with van der Waals surface area (Å²) in [5.41, 5.74) is 1.30. The average Bonchev–Trinajstić information content (AvgIpc) is 2.39. The van der Waals surface area contributed by atoms with Crippen LogP contribution in [0.4, 0.5) is 0 Å². The van der Waals surface area contributed by atoms with Gasteiger partial charge in [-0.25, -0.2) is 4.98 Å². The Morgan fingerprint density at radius 2 is 2.00 bits per heavy atom. The highest BCUT2D eigenvalue weighted by molar-refractivity contribution is 9.10. The predicted molar refractivity (Wildman–Crippen MR) is 76.4 cm³/mol. The first kappa shape index (κ1) is 13.7. The Bertz CT molecular complexity index is 692. The van der Waals surface area contributed by atoms with Gasteiger partial charge in [-0.15, -0.1) is 0 Å². The van der Waals surface area contributed by atoms with Gasteiger partial charge in [0, 0.05) is 11.8 Å². The van der Waals surface area contributed by atoms with Gasteiger partial charge in [0.05, 0.1) is 6.54 Å². The van der Waals surface area contributed by atoms with E-state index < -0.39 is 0 Å². The van der Waals surface area contributed by atoms with Crippen molar-refractivity contribution >= 4 is 21.7 Å². The number of aryl methyl sites for hydroxylation is 2. The summed E-state index contributed by atoms with van der Waals surface area (Å²) in [5, 5.41) is 0. The van der Waals surface area contributed by atoms with Crippen LogP contribution in [0.2, 0.25) is 0 Å². The third kappa shape index (κ3) is 2.81. The van der Waals surface area contributed by atoms with Crippen molar-refractivity contribution in [3.05, 3.63) is 62.2 Å². The van der Waals surface area contributed by atoms with Gasteiger partial charge >= 0.3 is 0 Å². The summed E-state index contributed by atoms with van der Waals surface area (Å²) < 4.78 is 1.73. The molecular weight excluding hydrogens is 308 g/mol. The van der Waals surface area contributed by atoms with E-state index >= 15 is 0 Å². The predicted octanol–water partition coefficient (Wildman–Crippen LogP) is 2.51. The number of hydrogen-bond donors (Lipinski definition) is 0. The van der Waals surface area contributed by atoms with E-state index in [0.717, 1.165) is 5.56 Å². The Morgan fingerprint density at radius 1 is 1.32 bits per heavy atom. The normalized spacial score (nSPS) is 10.5. The summed E-state index contributed by atoms with van der Waals surface area (Å²) in [6, 6.07) is 7.34. The van der Waals surface area contributed by atoms with Crippen molar-refractivity contribution in [1.82, 2.24) is 9.55 Å². The molecule has 98 valence electrons. The molecule has 0 bridgehead atoms. The number of Topliss-reactive ketones (excluding diaryl/α,β-unsaturated/α-hetero) is 1. The zero-order valence-electron chi connectivity index (χ0n) is 10.7. The molecule has 0 N–H and O–H groups in total. The van der Waals surface area contributed by atoms with Gasteiger partial charge in [-0.05, 0) is 35.3 Å². The zero-order valence-corrected chi connectivity index (χ0v) is 12.3. The second-order valence-electron chi connectivity index (χ2n) is 4.28. The number of nitrogens with zero attached hydrogens (tertiary/aromatic N) is 2. The minimum atomic E-state index is -0.241. The summed E-state index contributed by atoms with van der Waals surface area (Å²) >= 11 is 3.13. The number of benzene rings is 1. The van der Waals surface area contributed by atoms with Gasteiger partial charge in [0.15, 0.2) is 5.78 Å². The molecule has 4 nitrogen and oxygen atoms in total. The topological polar surface area (TPSA) is 52.0 Å². The van der Waals surface area contributed by atoms with Crippen LogP contribution in [0.25, 0.3) is 0 Å². The first-order chi connectivity index (χ1) is 9.00. The molecule has 19 heavy (non-hydrogen) atoms. The van der Waals surface area contributed by atoms with Gasteiger partial charge in [0.25, 0.3) is 5.56 Å². The molecule has 0 aliphatic carbocycles. The second kappa shape index (κ2) is 5.48. The molecule has 0 aliphatic rings. The number of aromatic nitrogens is 2. The fourth-order valence-corrected chi connectivity index (χ4v) is 2.17. The molecule has 1 aromatic heterocycles. The van der Waals surface area contributed by atoms with E-state index in [1.54, 1.807) is 13.0 Å². The summed E-state index contributed by atoms with van der Waals surface area (Å²) in [7, 11) is 0. The Morgan fingerprint density at radius 3 is 2.68 bits per heavy atom. The summed E-state index contributed by atoms with van der Waals surface area (Å²) in [6.07, 6.45) is 1.45. The van der Waals surface area contributed by atoms with Crippen LogP contribution in [0.5, 0.6) is 0 Å². The van der Waals surface area contributed by atoms with Crippen LogP contribution in [0.15, 0.2) is 39.7 Å². The maximum atomic E-state index is 12.2. The maximum Gasteiger partial charge on any atom is 0.268 e. The lowest BCUT2D eigenvalue weighted by atomic mass is 10.1. The van der Waals surface area contributed by atoms with Crippen LogP contribution >= 0.6 is 15.9 Å². The molecule has 0 saturated carbocycles. The summed E-state index contributed by atoms with van der Waals surface area (Å²) in [4.78, 5) is 28.3. The molecule has 2 aromatic rings. The lowest BCUT2D eigenvalue weighted by Gasteiger charge is -2.09. The zero-order chi connectivity index (χ0) is 14.0. The van der Waals surface area contributed by atoms with Crippen molar-refractivity contribution in [1.29, 1.82) is 0 Å². The van der Waals surface area contributed by atoms with Crippen LogP contribution in [-0.2, 0) is 6.54 Å². The fraction of sp³-hybridized carbons (Fsp3) is 0.214. The van der Waals surface area contributed by atoms with Gasteiger partial charge in [0.2, 0.25) is 0 Å². The molecule has 0 saturated heterocycles. The molecule has 0 fully saturated rings. The molecule has 0 unspecified atom stereocenters. The number of ketones is 1. The smallest absolute Gasteiger partial charge is 0.268 e. The number of halogens is 1. The lowest BCUT2D eigenvalue weighted by molar-refractivity contribution is 0.0968. The van der Waals surface area contributed by atoms with E-state index in [1.807, 2.05) is 25.1 Å². The van der Waals surface area contributed by atoms with Crippen LogP contribution in [0.3, 0.4) is 0 Å². The highest BCUT2D eigenvalue weighted by atomic mass is 79.9. The van der Waals surface area contributed by atoms with Gasteiger partial charge in [-0.2, -0.15) is 0 Å².